The van der Waals surface area contributed by atoms with Crippen molar-refractivity contribution in [3.05, 3.63) is 77.2 Å². The topological polar surface area (TPSA) is 42.0 Å². The summed E-state index contributed by atoms with van der Waals surface area (Å²) in [6, 6.07) is 14.6. The first kappa shape index (κ1) is 20.5. The number of rotatable bonds is 4. The number of carbonyl (C=O) groups excluding carboxylic acids is 1. The van der Waals surface area contributed by atoms with E-state index in [9.17, 15) is 9.18 Å². The van der Waals surface area contributed by atoms with Crippen LogP contribution in [0.15, 0.2) is 54.7 Å². The number of amides is 1. The number of nitrogens with one attached hydrogen (secondary N) is 1. The van der Waals surface area contributed by atoms with Crippen LogP contribution in [0.25, 0.3) is 10.9 Å². The summed E-state index contributed by atoms with van der Waals surface area (Å²) >= 11 is 0. The Kier molecular flexibility index (Phi) is 5.59. The zero-order chi connectivity index (χ0) is 21.3. The van der Waals surface area contributed by atoms with E-state index in [-0.39, 0.29) is 23.2 Å². The van der Waals surface area contributed by atoms with Gasteiger partial charge < -0.3 is 5.32 Å². The van der Waals surface area contributed by atoms with Crippen LogP contribution in [0.3, 0.4) is 0 Å². The van der Waals surface area contributed by atoms with Gasteiger partial charge in [-0.05, 0) is 92.8 Å². The molecule has 4 heteroatoms. The number of benzene rings is 2. The third-order valence-electron chi connectivity index (χ3n) is 7.01. The van der Waals surface area contributed by atoms with E-state index < -0.39 is 0 Å². The predicted molar refractivity (Wildman–Crippen MR) is 119 cm³/mol. The standard InChI is InChI=1S/C26H29FN2O/c1-17-4-6-20(7-5-17)25(30)29-18(2)26(3)13-10-19(11-14-26)22-12-15-28-24-9-8-21(27)16-23(22)24/h4-9,12,15-16,18-19H,10-11,13-14H2,1-3H3,(H,29,30)/t18-,19-,26+/m0/s1. The zero-order valence-corrected chi connectivity index (χ0v) is 17.9. The highest BCUT2D eigenvalue weighted by Gasteiger charge is 2.37. The third kappa shape index (κ3) is 4.09. The Labute approximate surface area is 177 Å². The first-order valence-electron chi connectivity index (χ1n) is 10.8. The van der Waals surface area contributed by atoms with Crippen molar-refractivity contribution in [2.45, 2.75) is 58.4 Å². The lowest BCUT2D eigenvalue weighted by atomic mass is 9.66. The van der Waals surface area contributed by atoms with Crippen LogP contribution in [0, 0.1) is 18.2 Å². The number of carbonyl (C=O) groups is 1. The molecule has 0 bridgehead atoms. The SMILES string of the molecule is Cc1ccc(C(=O)N[C@@H](C)[C@]2(C)CC[C@H](c3ccnc4ccc(F)cc43)CC2)cc1. The fraction of sp³-hybridized carbons (Fsp3) is 0.385. The van der Waals surface area contributed by atoms with E-state index in [1.807, 2.05) is 43.5 Å². The van der Waals surface area contributed by atoms with Gasteiger partial charge in [0.05, 0.1) is 5.52 Å². The van der Waals surface area contributed by atoms with Crippen LogP contribution in [0.1, 0.15) is 66.9 Å². The molecule has 0 aliphatic heterocycles. The van der Waals surface area contributed by atoms with E-state index in [1.165, 1.54) is 11.6 Å². The molecule has 1 heterocycles. The lowest BCUT2D eigenvalue weighted by Crippen LogP contribution is -2.46. The number of aryl methyl sites for hydroxylation is 1. The third-order valence-corrected chi connectivity index (χ3v) is 7.01. The molecule has 0 spiro atoms. The molecule has 156 valence electrons. The maximum atomic E-state index is 13.8. The average molecular weight is 405 g/mol. The summed E-state index contributed by atoms with van der Waals surface area (Å²) in [4.78, 5) is 17.0. The van der Waals surface area contributed by atoms with Crippen LogP contribution in [0.4, 0.5) is 4.39 Å². The van der Waals surface area contributed by atoms with Gasteiger partial charge in [0.2, 0.25) is 0 Å². The van der Waals surface area contributed by atoms with E-state index in [1.54, 1.807) is 12.1 Å². The first-order valence-corrected chi connectivity index (χ1v) is 10.8. The maximum absolute atomic E-state index is 13.8. The molecule has 4 rings (SSSR count). The smallest absolute Gasteiger partial charge is 0.251 e. The van der Waals surface area contributed by atoms with E-state index in [0.29, 0.717) is 11.5 Å². The van der Waals surface area contributed by atoms with Crippen molar-refractivity contribution < 1.29 is 9.18 Å². The average Bonchev–Trinajstić information content (AvgIpc) is 2.74. The van der Waals surface area contributed by atoms with Crippen molar-refractivity contribution in [1.29, 1.82) is 0 Å². The molecule has 1 saturated carbocycles. The fourth-order valence-corrected chi connectivity index (χ4v) is 4.68. The molecule has 1 fully saturated rings. The Hall–Kier alpha value is -2.75. The first-order chi connectivity index (χ1) is 14.4. The number of fused-ring (bicyclic) bond motifs is 1. The van der Waals surface area contributed by atoms with Crippen LogP contribution in [-0.4, -0.2) is 16.9 Å². The summed E-state index contributed by atoms with van der Waals surface area (Å²) in [5.41, 5.74) is 3.94. The van der Waals surface area contributed by atoms with Gasteiger partial charge >= 0.3 is 0 Å². The number of halogens is 1. The highest BCUT2D eigenvalue weighted by atomic mass is 19.1. The van der Waals surface area contributed by atoms with Gasteiger partial charge in [0.1, 0.15) is 5.82 Å². The summed E-state index contributed by atoms with van der Waals surface area (Å²) < 4.78 is 13.8. The van der Waals surface area contributed by atoms with Gasteiger partial charge in [-0.1, -0.05) is 24.6 Å². The molecule has 1 amide bonds. The molecule has 1 aliphatic rings. The Morgan fingerprint density at radius 3 is 2.53 bits per heavy atom. The number of pyridine rings is 1. The van der Waals surface area contributed by atoms with Gasteiger partial charge in [0.25, 0.3) is 5.91 Å². The van der Waals surface area contributed by atoms with Crippen molar-refractivity contribution in [1.82, 2.24) is 10.3 Å². The molecular weight excluding hydrogens is 375 g/mol. The van der Waals surface area contributed by atoms with Crippen LogP contribution >= 0.6 is 0 Å². The summed E-state index contributed by atoms with van der Waals surface area (Å²) in [7, 11) is 0. The lowest BCUT2D eigenvalue weighted by Gasteiger charge is -2.42. The van der Waals surface area contributed by atoms with Crippen molar-refractivity contribution in [3.8, 4) is 0 Å². The van der Waals surface area contributed by atoms with Crippen molar-refractivity contribution in [2.24, 2.45) is 5.41 Å². The normalized spacial score (nSPS) is 22.6. The molecule has 0 saturated heterocycles. The van der Waals surface area contributed by atoms with Crippen molar-refractivity contribution in [3.63, 3.8) is 0 Å². The monoisotopic (exact) mass is 404 g/mol. The van der Waals surface area contributed by atoms with E-state index in [2.05, 4.69) is 24.1 Å². The summed E-state index contributed by atoms with van der Waals surface area (Å²) in [5.74, 6) is 0.164. The van der Waals surface area contributed by atoms with Gasteiger partial charge in [0, 0.05) is 23.2 Å². The van der Waals surface area contributed by atoms with Gasteiger partial charge in [-0.2, -0.15) is 0 Å². The zero-order valence-electron chi connectivity index (χ0n) is 17.9. The second kappa shape index (κ2) is 8.17. The number of hydrogen-bond donors (Lipinski definition) is 1. The molecule has 3 aromatic rings. The Morgan fingerprint density at radius 2 is 1.83 bits per heavy atom. The fourth-order valence-electron chi connectivity index (χ4n) is 4.68. The summed E-state index contributed by atoms with van der Waals surface area (Å²) in [6.07, 6.45) is 5.92. The summed E-state index contributed by atoms with van der Waals surface area (Å²) in [6.45, 7) is 6.40. The molecule has 1 N–H and O–H groups in total. The second-order valence-electron chi connectivity index (χ2n) is 9.05. The maximum Gasteiger partial charge on any atom is 0.251 e. The molecule has 1 aromatic heterocycles. The highest BCUT2D eigenvalue weighted by Crippen LogP contribution is 2.46. The number of hydrogen-bond acceptors (Lipinski definition) is 2. The quantitative estimate of drug-likeness (QED) is 0.565. The largest absolute Gasteiger partial charge is 0.349 e. The van der Waals surface area contributed by atoms with Gasteiger partial charge in [-0.15, -0.1) is 0 Å². The van der Waals surface area contributed by atoms with Crippen LogP contribution in [0.5, 0.6) is 0 Å². The van der Waals surface area contributed by atoms with Gasteiger partial charge in [-0.3, -0.25) is 9.78 Å². The Balaban J connectivity index is 1.45. The van der Waals surface area contributed by atoms with Crippen molar-refractivity contribution >= 4 is 16.8 Å². The molecule has 2 aromatic carbocycles. The van der Waals surface area contributed by atoms with Crippen molar-refractivity contribution in [2.75, 3.05) is 0 Å². The second-order valence-corrected chi connectivity index (χ2v) is 9.05. The minimum Gasteiger partial charge on any atom is -0.349 e. The number of nitrogens with zero attached hydrogens (tertiary/aromatic N) is 1. The molecule has 3 nitrogen and oxygen atoms in total. The van der Waals surface area contributed by atoms with E-state index in [0.717, 1.165) is 42.1 Å². The van der Waals surface area contributed by atoms with Gasteiger partial charge in [0.15, 0.2) is 0 Å². The number of aromatic nitrogens is 1. The summed E-state index contributed by atoms with van der Waals surface area (Å²) in [5, 5.41) is 4.14. The Morgan fingerprint density at radius 1 is 1.13 bits per heavy atom. The minimum atomic E-state index is -0.218. The predicted octanol–water partition coefficient (Wildman–Crippen LogP) is 6.16. The van der Waals surface area contributed by atoms with E-state index >= 15 is 0 Å². The highest BCUT2D eigenvalue weighted by molar-refractivity contribution is 5.94. The molecule has 1 aliphatic carbocycles. The van der Waals surface area contributed by atoms with Crippen LogP contribution < -0.4 is 5.32 Å². The van der Waals surface area contributed by atoms with Crippen LogP contribution in [-0.2, 0) is 0 Å². The minimum absolute atomic E-state index is 0.0125. The van der Waals surface area contributed by atoms with E-state index in [4.69, 9.17) is 0 Å². The molecule has 1 atom stereocenters. The van der Waals surface area contributed by atoms with Crippen LogP contribution in [0.2, 0.25) is 0 Å². The lowest BCUT2D eigenvalue weighted by molar-refractivity contribution is 0.0847. The molecule has 0 unspecified atom stereocenters. The molecule has 0 radical (unpaired) electrons. The van der Waals surface area contributed by atoms with Gasteiger partial charge in [-0.25, -0.2) is 4.39 Å². The molecule has 30 heavy (non-hydrogen) atoms. The Bertz CT molecular complexity index is 1050. The molecular formula is C26H29FN2O.